The molecule has 1 aliphatic carbocycles. The Kier molecular flexibility index (Phi) is 4.58. The number of aromatic nitrogens is 3. The van der Waals surface area contributed by atoms with Crippen molar-refractivity contribution in [1.82, 2.24) is 15.0 Å². The maximum absolute atomic E-state index is 6.33. The summed E-state index contributed by atoms with van der Waals surface area (Å²) in [7, 11) is 4.94. The van der Waals surface area contributed by atoms with Crippen molar-refractivity contribution in [3.8, 4) is 28.5 Å². The fourth-order valence-electron chi connectivity index (χ4n) is 4.52. The minimum atomic E-state index is -0.0706. The summed E-state index contributed by atoms with van der Waals surface area (Å²) in [5.74, 6) is 2.44. The molecule has 1 unspecified atom stereocenters. The van der Waals surface area contributed by atoms with Gasteiger partial charge in [-0.05, 0) is 35.1 Å². The number of rotatable bonds is 4. The molecule has 5 rings (SSSR count). The highest BCUT2D eigenvalue weighted by molar-refractivity contribution is 5.98. The highest BCUT2D eigenvalue weighted by atomic mass is 16.5. The Hall–Kier alpha value is -3.87. The largest absolute Gasteiger partial charge is 0.496 e. The van der Waals surface area contributed by atoms with Crippen LogP contribution in [0.4, 0.5) is 5.82 Å². The molecule has 7 heteroatoms. The van der Waals surface area contributed by atoms with Gasteiger partial charge in [0.25, 0.3) is 0 Å². The van der Waals surface area contributed by atoms with E-state index in [0.717, 1.165) is 45.1 Å². The van der Waals surface area contributed by atoms with E-state index < -0.39 is 0 Å². The molecule has 1 atom stereocenters. The monoisotopic (exact) mass is 414 g/mol. The molecule has 1 aliphatic rings. The number of anilines is 1. The summed E-state index contributed by atoms with van der Waals surface area (Å²) >= 11 is 0. The van der Waals surface area contributed by atoms with Gasteiger partial charge in [0.05, 0.1) is 27.0 Å². The topological polar surface area (TPSA) is 92.4 Å². The lowest BCUT2D eigenvalue weighted by atomic mass is 9.76. The minimum Gasteiger partial charge on any atom is -0.496 e. The standard InChI is InChI=1S/C24H22N4O3/c1-29-14-9-19(30-2)22(20(10-14)31-3)16-8-13-4-6-26-11-17(13)23-21(16)15-5-7-27-12-18(15)24(25)28-23/h4-7,9-12,16H,8H2,1-3H3,(H2,25,28). The number of hydrogen-bond donors (Lipinski definition) is 1. The molecule has 7 nitrogen and oxygen atoms in total. The van der Waals surface area contributed by atoms with Gasteiger partial charge in [-0.2, -0.15) is 0 Å². The predicted molar refractivity (Wildman–Crippen MR) is 119 cm³/mol. The highest BCUT2D eigenvalue weighted by Gasteiger charge is 2.34. The number of benzene rings is 1. The average molecular weight is 414 g/mol. The Morgan fingerprint density at radius 3 is 2.29 bits per heavy atom. The number of pyridine rings is 3. The molecule has 2 N–H and O–H groups in total. The maximum atomic E-state index is 6.33. The first-order valence-corrected chi connectivity index (χ1v) is 9.92. The third-order valence-corrected chi connectivity index (χ3v) is 5.92. The van der Waals surface area contributed by atoms with Crippen molar-refractivity contribution in [2.75, 3.05) is 27.1 Å². The van der Waals surface area contributed by atoms with E-state index in [4.69, 9.17) is 24.9 Å². The molecule has 4 aromatic rings. The second-order valence-electron chi connectivity index (χ2n) is 7.42. The summed E-state index contributed by atoms with van der Waals surface area (Å²) in [5, 5.41) is 1.84. The molecule has 0 saturated heterocycles. The zero-order valence-electron chi connectivity index (χ0n) is 17.5. The van der Waals surface area contributed by atoms with Crippen LogP contribution in [0, 0.1) is 0 Å². The van der Waals surface area contributed by atoms with Gasteiger partial charge in [0.15, 0.2) is 0 Å². The van der Waals surface area contributed by atoms with E-state index in [1.54, 1.807) is 39.9 Å². The molecule has 156 valence electrons. The van der Waals surface area contributed by atoms with Crippen LogP contribution < -0.4 is 19.9 Å². The molecular formula is C24H22N4O3. The van der Waals surface area contributed by atoms with Gasteiger partial charge in [-0.3, -0.25) is 9.97 Å². The Bertz CT molecular complexity index is 1280. The third-order valence-electron chi connectivity index (χ3n) is 5.92. The molecule has 3 heterocycles. The first-order chi connectivity index (χ1) is 15.2. The molecule has 0 saturated carbocycles. The summed E-state index contributed by atoms with van der Waals surface area (Å²) in [5.41, 5.74) is 11.3. The van der Waals surface area contributed by atoms with E-state index in [0.29, 0.717) is 23.1 Å². The average Bonchev–Trinajstić information content (AvgIpc) is 2.82. The Morgan fingerprint density at radius 1 is 0.871 bits per heavy atom. The van der Waals surface area contributed by atoms with Gasteiger partial charge >= 0.3 is 0 Å². The van der Waals surface area contributed by atoms with E-state index in [9.17, 15) is 0 Å². The van der Waals surface area contributed by atoms with Crippen LogP contribution in [0.3, 0.4) is 0 Å². The number of nitrogens with zero attached hydrogens (tertiary/aromatic N) is 3. The second kappa shape index (κ2) is 7.43. The number of nitrogen functional groups attached to an aromatic ring is 1. The lowest BCUT2D eigenvalue weighted by molar-refractivity contribution is 0.366. The number of nitrogens with two attached hydrogens (primary N) is 1. The minimum absolute atomic E-state index is 0.0706. The number of methoxy groups -OCH3 is 3. The van der Waals surface area contributed by atoms with Crippen molar-refractivity contribution in [1.29, 1.82) is 0 Å². The second-order valence-corrected chi connectivity index (χ2v) is 7.42. The summed E-state index contributed by atoms with van der Waals surface area (Å²) < 4.78 is 17.0. The molecule has 1 aromatic carbocycles. The van der Waals surface area contributed by atoms with Gasteiger partial charge in [0.2, 0.25) is 0 Å². The lowest BCUT2D eigenvalue weighted by Gasteiger charge is -2.31. The van der Waals surface area contributed by atoms with Crippen LogP contribution in [-0.2, 0) is 6.42 Å². The number of fused-ring (bicyclic) bond motifs is 5. The van der Waals surface area contributed by atoms with E-state index in [1.165, 1.54) is 0 Å². The molecule has 31 heavy (non-hydrogen) atoms. The van der Waals surface area contributed by atoms with Crippen molar-refractivity contribution >= 4 is 16.6 Å². The van der Waals surface area contributed by atoms with Crippen LogP contribution in [0.1, 0.15) is 22.6 Å². The zero-order valence-corrected chi connectivity index (χ0v) is 17.5. The quantitative estimate of drug-likeness (QED) is 0.540. The predicted octanol–water partition coefficient (Wildman–Crippen LogP) is 3.99. The molecule has 3 aromatic heterocycles. The van der Waals surface area contributed by atoms with Gasteiger partial charge < -0.3 is 19.9 Å². The molecular weight excluding hydrogens is 392 g/mol. The molecule has 0 amide bonds. The van der Waals surface area contributed by atoms with Crippen molar-refractivity contribution in [2.24, 2.45) is 0 Å². The summed E-state index contributed by atoms with van der Waals surface area (Å²) in [6.45, 7) is 0. The Labute approximate surface area is 179 Å². The molecule has 0 bridgehead atoms. The van der Waals surface area contributed by atoms with Crippen molar-refractivity contribution < 1.29 is 14.2 Å². The normalized spacial score (nSPS) is 14.6. The first-order valence-electron chi connectivity index (χ1n) is 9.92. The first kappa shape index (κ1) is 19.1. The molecule has 0 aliphatic heterocycles. The van der Waals surface area contributed by atoms with Crippen LogP contribution in [0.2, 0.25) is 0 Å². The van der Waals surface area contributed by atoms with Crippen molar-refractivity contribution in [2.45, 2.75) is 12.3 Å². The smallest absolute Gasteiger partial charge is 0.133 e. The molecule has 0 fully saturated rings. The summed E-state index contributed by atoms with van der Waals surface area (Å²) in [6, 6.07) is 7.79. The van der Waals surface area contributed by atoms with Crippen molar-refractivity contribution in [3.63, 3.8) is 0 Å². The fourth-order valence-corrected chi connectivity index (χ4v) is 4.52. The van der Waals surface area contributed by atoms with Gasteiger partial charge in [-0.15, -0.1) is 0 Å². The van der Waals surface area contributed by atoms with Gasteiger partial charge in [0, 0.05) is 59.4 Å². The van der Waals surface area contributed by atoms with E-state index in [-0.39, 0.29) is 5.92 Å². The summed E-state index contributed by atoms with van der Waals surface area (Å²) in [4.78, 5) is 13.4. The van der Waals surface area contributed by atoms with Crippen LogP contribution in [0.5, 0.6) is 17.2 Å². The molecule has 0 radical (unpaired) electrons. The van der Waals surface area contributed by atoms with Crippen LogP contribution in [0.25, 0.3) is 22.0 Å². The number of hydrogen-bond acceptors (Lipinski definition) is 7. The maximum Gasteiger partial charge on any atom is 0.133 e. The van der Waals surface area contributed by atoms with Crippen LogP contribution in [-0.4, -0.2) is 36.3 Å². The Morgan fingerprint density at radius 2 is 1.58 bits per heavy atom. The third kappa shape index (κ3) is 2.92. The van der Waals surface area contributed by atoms with Gasteiger partial charge in [0.1, 0.15) is 23.1 Å². The van der Waals surface area contributed by atoms with E-state index in [1.807, 2.05) is 30.5 Å². The zero-order chi connectivity index (χ0) is 21.5. The van der Waals surface area contributed by atoms with E-state index in [2.05, 4.69) is 9.97 Å². The van der Waals surface area contributed by atoms with Gasteiger partial charge in [-0.1, -0.05) is 0 Å². The van der Waals surface area contributed by atoms with Crippen LogP contribution >= 0.6 is 0 Å². The lowest BCUT2D eigenvalue weighted by Crippen LogP contribution is -2.17. The summed E-state index contributed by atoms with van der Waals surface area (Å²) in [6.07, 6.45) is 7.94. The molecule has 0 spiro atoms. The van der Waals surface area contributed by atoms with Gasteiger partial charge in [-0.25, -0.2) is 4.98 Å². The van der Waals surface area contributed by atoms with E-state index >= 15 is 0 Å². The van der Waals surface area contributed by atoms with Crippen molar-refractivity contribution in [3.05, 3.63) is 65.7 Å². The highest BCUT2D eigenvalue weighted by Crippen LogP contribution is 2.50. The van der Waals surface area contributed by atoms with Crippen LogP contribution in [0.15, 0.2) is 49.1 Å². The number of ether oxygens (including phenoxy) is 3. The fraction of sp³-hybridized carbons (Fsp3) is 0.208. The SMILES string of the molecule is COc1cc(OC)c(C2Cc3ccncc3-c3nc(N)c4cnccc4c32)c(OC)c1. The Balaban J connectivity index is 1.88.